The maximum atomic E-state index is 13.3. The summed E-state index contributed by atoms with van der Waals surface area (Å²) in [6.07, 6.45) is 2.91. The molecule has 1 N–H and O–H groups in total. The molecule has 3 aromatic rings. The molecule has 10 heteroatoms. The Labute approximate surface area is 235 Å². The number of ether oxygens (including phenoxy) is 3. The first-order valence-corrected chi connectivity index (χ1v) is 12.6. The highest BCUT2D eigenvalue weighted by atomic mass is 35.5. The van der Waals surface area contributed by atoms with Crippen LogP contribution in [0.1, 0.15) is 18.1 Å². The molecule has 39 heavy (non-hydrogen) atoms. The smallest absolute Gasteiger partial charge is 0.335 e. The van der Waals surface area contributed by atoms with Crippen molar-refractivity contribution in [2.45, 2.75) is 13.5 Å². The van der Waals surface area contributed by atoms with Crippen molar-refractivity contribution in [2.75, 3.05) is 18.1 Å². The van der Waals surface area contributed by atoms with Crippen molar-refractivity contribution in [3.8, 4) is 17.2 Å². The van der Waals surface area contributed by atoms with Gasteiger partial charge in [-0.3, -0.25) is 14.9 Å². The van der Waals surface area contributed by atoms with Crippen LogP contribution in [0.3, 0.4) is 0 Å². The first kappa shape index (κ1) is 27.8. The lowest BCUT2D eigenvalue weighted by Gasteiger charge is -2.26. The topological polar surface area (TPSA) is 94.2 Å². The highest BCUT2D eigenvalue weighted by molar-refractivity contribution is 6.39. The summed E-state index contributed by atoms with van der Waals surface area (Å²) in [5.41, 5.74) is 1.34. The molecule has 0 atom stereocenters. The Balaban J connectivity index is 1.56. The van der Waals surface area contributed by atoms with Crippen LogP contribution in [0.2, 0.25) is 10.0 Å². The first-order valence-electron chi connectivity index (χ1n) is 11.9. The van der Waals surface area contributed by atoms with Crippen LogP contribution in [-0.4, -0.2) is 31.1 Å². The predicted molar refractivity (Wildman–Crippen MR) is 150 cm³/mol. The van der Waals surface area contributed by atoms with Gasteiger partial charge in [0.15, 0.2) is 11.5 Å². The highest BCUT2D eigenvalue weighted by Crippen LogP contribution is 2.37. The molecule has 1 aliphatic heterocycles. The number of carbonyl (C=O) groups excluding carboxylic acids is 3. The van der Waals surface area contributed by atoms with Crippen LogP contribution in [0.5, 0.6) is 17.2 Å². The molecule has 0 unspecified atom stereocenters. The molecule has 0 aromatic heterocycles. The zero-order valence-corrected chi connectivity index (χ0v) is 22.4. The third-order valence-electron chi connectivity index (χ3n) is 5.50. The molecular formula is C29H24Cl2N2O6. The molecule has 0 bridgehead atoms. The Morgan fingerprint density at radius 2 is 1.67 bits per heavy atom. The molecular weight excluding hydrogens is 543 g/mol. The van der Waals surface area contributed by atoms with E-state index < -0.39 is 17.8 Å². The van der Waals surface area contributed by atoms with E-state index in [9.17, 15) is 14.4 Å². The first-order chi connectivity index (χ1) is 18.8. The normalized spacial score (nSPS) is 14.3. The Kier molecular flexibility index (Phi) is 8.91. The molecule has 1 aliphatic rings. The van der Waals surface area contributed by atoms with Crippen LogP contribution in [0.4, 0.5) is 10.5 Å². The van der Waals surface area contributed by atoms with Gasteiger partial charge in [0.05, 0.1) is 17.3 Å². The number of nitrogens with zero attached hydrogens (tertiary/aromatic N) is 1. The third kappa shape index (κ3) is 6.60. The summed E-state index contributed by atoms with van der Waals surface area (Å²) in [7, 11) is 0. The summed E-state index contributed by atoms with van der Waals surface area (Å²) in [5.74, 6) is -0.438. The van der Waals surface area contributed by atoms with Gasteiger partial charge in [-0.05, 0) is 72.7 Å². The summed E-state index contributed by atoms with van der Waals surface area (Å²) < 4.78 is 17.0. The van der Waals surface area contributed by atoms with Gasteiger partial charge < -0.3 is 14.2 Å². The third-order valence-corrected chi connectivity index (χ3v) is 6.04. The zero-order chi connectivity index (χ0) is 27.9. The number of nitrogens with one attached hydrogen (secondary N) is 1. The molecule has 4 amide bonds. The number of carbonyl (C=O) groups is 3. The predicted octanol–water partition coefficient (Wildman–Crippen LogP) is 6.20. The maximum Gasteiger partial charge on any atom is 0.335 e. The number of benzene rings is 3. The van der Waals surface area contributed by atoms with Crippen molar-refractivity contribution in [3.05, 3.63) is 100 Å². The molecule has 1 heterocycles. The van der Waals surface area contributed by atoms with E-state index in [1.165, 1.54) is 12.1 Å². The second-order valence-electron chi connectivity index (χ2n) is 8.23. The Morgan fingerprint density at radius 1 is 0.949 bits per heavy atom. The van der Waals surface area contributed by atoms with Gasteiger partial charge >= 0.3 is 6.03 Å². The van der Waals surface area contributed by atoms with Gasteiger partial charge in [-0.2, -0.15) is 0 Å². The minimum atomic E-state index is -0.863. The van der Waals surface area contributed by atoms with Gasteiger partial charge in [0.25, 0.3) is 11.8 Å². The number of barbiturate groups is 1. The van der Waals surface area contributed by atoms with Crippen molar-refractivity contribution in [1.82, 2.24) is 5.32 Å². The number of anilines is 1. The van der Waals surface area contributed by atoms with Gasteiger partial charge in [-0.25, -0.2) is 9.69 Å². The second kappa shape index (κ2) is 12.5. The number of urea groups is 1. The zero-order valence-electron chi connectivity index (χ0n) is 20.9. The van der Waals surface area contributed by atoms with E-state index in [1.54, 1.807) is 55.5 Å². The summed E-state index contributed by atoms with van der Waals surface area (Å²) >= 11 is 12.3. The molecule has 8 nitrogen and oxygen atoms in total. The molecule has 200 valence electrons. The summed E-state index contributed by atoms with van der Waals surface area (Å²) in [5, 5.41) is 3.06. The fourth-order valence-corrected chi connectivity index (χ4v) is 4.11. The Hall–Kier alpha value is -4.27. The van der Waals surface area contributed by atoms with Gasteiger partial charge in [0.2, 0.25) is 0 Å². The van der Waals surface area contributed by atoms with E-state index in [4.69, 9.17) is 37.4 Å². The summed E-state index contributed by atoms with van der Waals surface area (Å²) in [6, 6.07) is 15.9. The molecule has 0 saturated carbocycles. The lowest BCUT2D eigenvalue weighted by atomic mass is 10.1. The quantitative estimate of drug-likeness (QED) is 0.178. The van der Waals surface area contributed by atoms with Gasteiger partial charge in [0.1, 0.15) is 24.5 Å². The molecule has 0 spiro atoms. The second-order valence-corrected chi connectivity index (χ2v) is 9.07. The minimum absolute atomic E-state index is 0.211. The Bertz CT molecular complexity index is 1440. The van der Waals surface area contributed by atoms with Crippen molar-refractivity contribution >= 4 is 52.8 Å². The van der Waals surface area contributed by atoms with Gasteiger partial charge in [-0.15, -0.1) is 0 Å². The van der Waals surface area contributed by atoms with Crippen LogP contribution in [-0.2, 0) is 16.2 Å². The molecule has 0 aliphatic carbocycles. The van der Waals surface area contributed by atoms with Gasteiger partial charge in [-0.1, -0.05) is 48.0 Å². The average Bonchev–Trinajstić information content (AvgIpc) is 2.91. The van der Waals surface area contributed by atoms with E-state index in [0.717, 1.165) is 10.5 Å². The number of amides is 4. The minimum Gasteiger partial charge on any atom is -0.490 e. The van der Waals surface area contributed by atoms with Crippen LogP contribution >= 0.6 is 23.2 Å². The van der Waals surface area contributed by atoms with Crippen molar-refractivity contribution in [1.29, 1.82) is 0 Å². The largest absolute Gasteiger partial charge is 0.490 e. The fraction of sp³-hybridized carbons (Fsp3) is 0.138. The van der Waals surface area contributed by atoms with Gasteiger partial charge in [0, 0.05) is 5.02 Å². The standard InChI is InChI=1S/C29H24Cl2N2O6/c1-3-13-38-26-24(31)15-19(16-25(26)37-4-2)14-23-27(34)32-29(36)33(28(23)35)21-9-11-22(12-10-21)39-17-18-5-7-20(30)8-6-18/h3,5-12,14-16H,1,4,13,17H2,2H3,(H,32,34,36)/b23-14+. The van der Waals surface area contributed by atoms with E-state index in [-0.39, 0.29) is 22.9 Å². The number of hydrogen-bond acceptors (Lipinski definition) is 6. The van der Waals surface area contributed by atoms with E-state index in [2.05, 4.69) is 11.9 Å². The van der Waals surface area contributed by atoms with Crippen LogP contribution in [0.15, 0.2) is 78.9 Å². The van der Waals surface area contributed by atoms with Crippen LogP contribution in [0, 0.1) is 0 Å². The lowest BCUT2D eigenvalue weighted by molar-refractivity contribution is -0.122. The number of rotatable bonds is 10. The van der Waals surface area contributed by atoms with E-state index >= 15 is 0 Å². The van der Waals surface area contributed by atoms with Crippen LogP contribution in [0.25, 0.3) is 6.08 Å². The summed E-state index contributed by atoms with van der Waals surface area (Å²) in [6.45, 7) is 6.27. The Morgan fingerprint density at radius 3 is 2.33 bits per heavy atom. The van der Waals surface area contributed by atoms with E-state index in [0.29, 0.717) is 41.0 Å². The van der Waals surface area contributed by atoms with Crippen molar-refractivity contribution in [2.24, 2.45) is 0 Å². The monoisotopic (exact) mass is 566 g/mol. The van der Waals surface area contributed by atoms with Crippen molar-refractivity contribution in [3.63, 3.8) is 0 Å². The molecule has 1 fully saturated rings. The number of halogens is 2. The maximum absolute atomic E-state index is 13.3. The molecule has 3 aromatic carbocycles. The average molecular weight is 567 g/mol. The lowest BCUT2D eigenvalue weighted by Crippen LogP contribution is -2.54. The SMILES string of the molecule is C=CCOc1c(Cl)cc(/C=C2\C(=O)NC(=O)N(c3ccc(OCc4ccc(Cl)cc4)cc3)C2=O)cc1OCC. The van der Waals surface area contributed by atoms with Crippen molar-refractivity contribution < 1.29 is 28.6 Å². The molecule has 0 radical (unpaired) electrons. The van der Waals surface area contributed by atoms with E-state index in [1.807, 2.05) is 12.1 Å². The highest BCUT2D eigenvalue weighted by Gasteiger charge is 2.37. The summed E-state index contributed by atoms with van der Waals surface area (Å²) in [4.78, 5) is 39.4. The molecule has 4 rings (SSSR count). The number of hydrogen-bond donors (Lipinski definition) is 1. The number of imide groups is 2. The molecule has 1 saturated heterocycles. The fourth-order valence-electron chi connectivity index (χ4n) is 3.71. The van der Waals surface area contributed by atoms with Crippen LogP contribution < -0.4 is 24.4 Å².